The Bertz CT molecular complexity index is 718. The molecule has 22 heavy (non-hydrogen) atoms. The monoisotopic (exact) mass is 425 g/mol. The molecule has 1 heterocycles. The Morgan fingerprint density at radius 3 is 2.09 bits per heavy atom. The Morgan fingerprint density at radius 2 is 1.55 bits per heavy atom. The maximum atomic E-state index is 13.6. The molecule has 118 valence electrons. The molecule has 0 fully saturated rings. The topological polar surface area (TPSA) is 24.1 Å². The summed E-state index contributed by atoms with van der Waals surface area (Å²) >= 11 is 0. The van der Waals surface area contributed by atoms with E-state index >= 15 is 0 Å². The molecule has 0 aliphatic rings. The van der Waals surface area contributed by atoms with Crippen molar-refractivity contribution in [1.29, 1.82) is 0 Å². The van der Waals surface area contributed by atoms with Crippen LogP contribution in [-0.2, 0) is 7.05 Å². The van der Waals surface area contributed by atoms with Crippen molar-refractivity contribution in [3.63, 3.8) is 0 Å². The first-order valence-electron chi connectivity index (χ1n) is 6.02. The SMILES string of the molecule is Cc1cc[n+](C)c(/C=C/c2c(F)c(F)c(O)c(F)c2F)c1.[I-]. The minimum Gasteiger partial charge on any atom is -1.00 e. The average molecular weight is 425 g/mol. The summed E-state index contributed by atoms with van der Waals surface area (Å²) in [5, 5.41) is 8.90. The number of phenolic OH excluding ortho intramolecular Hbond substituents is 1. The molecular formula is C15H12F4INO. The van der Waals surface area contributed by atoms with E-state index in [1.165, 1.54) is 6.08 Å². The van der Waals surface area contributed by atoms with Gasteiger partial charge in [0.05, 0.1) is 5.56 Å². The molecular weight excluding hydrogens is 413 g/mol. The summed E-state index contributed by atoms with van der Waals surface area (Å²) in [7, 11) is 1.71. The van der Waals surface area contributed by atoms with Gasteiger partial charge in [0, 0.05) is 18.2 Å². The van der Waals surface area contributed by atoms with Crippen LogP contribution in [0, 0.1) is 30.2 Å². The van der Waals surface area contributed by atoms with Crippen molar-refractivity contribution in [3.05, 3.63) is 58.4 Å². The number of aromatic hydroxyl groups is 1. The van der Waals surface area contributed by atoms with Crippen molar-refractivity contribution >= 4 is 12.2 Å². The molecule has 1 aromatic heterocycles. The second-order valence-electron chi connectivity index (χ2n) is 4.59. The average Bonchev–Trinajstić information content (AvgIpc) is 2.46. The lowest BCUT2D eigenvalue weighted by atomic mass is 10.1. The molecule has 2 rings (SSSR count). The zero-order valence-corrected chi connectivity index (χ0v) is 13.8. The highest BCUT2D eigenvalue weighted by molar-refractivity contribution is 5.68. The number of pyridine rings is 1. The van der Waals surface area contributed by atoms with Gasteiger partial charge in [-0.2, -0.15) is 8.78 Å². The van der Waals surface area contributed by atoms with Crippen LogP contribution in [0.1, 0.15) is 16.8 Å². The van der Waals surface area contributed by atoms with E-state index in [0.717, 1.165) is 11.6 Å². The van der Waals surface area contributed by atoms with Crippen LogP contribution in [0.2, 0.25) is 0 Å². The third kappa shape index (κ3) is 3.40. The van der Waals surface area contributed by atoms with Crippen LogP contribution in [0.3, 0.4) is 0 Å². The Labute approximate surface area is 141 Å². The van der Waals surface area contributed by atoms with Crippen LogP contribution in [0.4, 0.5) is 17.6 Å². The van der Waals surface area contributed by atoms with E-state index in [1.807, 2.05) is 13.0 Å². The Morgan fingerprint density at radius 1 is 1.00 bits per heavy atom. The summed E-state index contributed by atoms with van der Waals surface area (Å²) in [6.07, 6.45) is 3.98. The fourth-order valence-corrected chi connectivity index (χ4v) is 1.82. The van der Waals surface area contributed by atoms with Gasteiger partial charge in [-0.15, -0.1) is 0 Å². The van der Waals surface area contributed by atoms with E-state index in [-0.39, 0.29) is 24.0 Å². The summed E-state index contributed by atoms with van der Waals surface area (Å²) in [6.45, 7) is 1.83. The van der Waals surface area contributed by atoms with Crippen molar-refractivity contribution in [2.24, 2.45) is 7.05 Å². The molecule has 7 heteroatoms. The van der Waals surface area contributed by atoms with Crippen molar-refractivity contribution in [1.82, 2.24) is 0 Å². The molecule has 0 radical (unpaired) electrons. The number of phenols is 1. The van der Waals surface area contributed by atoms with Crippen LogP contribution in [0.15, 0.2) is 18.3 Å². The summed E-state index contributed by atoms with van der Waals surface area (Å²) in [4.78, 5) is 0. The van der Waals surface area contributed by atoms with E-state index < -0.39 is 34.6 Å². The summed E-state index contributed by atoms with van der Waals surface area (Å²) < 4.78 is 55.3. The van der Waals surface area contributed by atoms with Gasteiger partial charge in [-0.3, -0.25) is 0 Å². The van der Waals surface area contributed by atoms with E-state index in [2.05, 4.69) is 0 Å². The highest BCUT2D eigenvalue weighted by Crippen LogP contribution is 2.29. The predicted octanol–water partition coefficient (Wildman–Crippen LogP) is 0.256. The zero-order chi connectivity index (χ0) is 15.7. The van der Waals surface area contributed by atoms with Crippen LogP contribution in [0.5, 0.6) is 5.75 Å². The lowest BCUT2D eigenvalue weighted by Crippen LogP contribution is -3.00. The maximum absolute atomic E-state index is 13.6. The van der Waals surface area contributed by atoms with Gasteiger partial charge in [0.1, 0.15) is 7.05 Å². The van der Waals surface area contributed by atoms with Gasteiger partial charge in [-0.05, 0) is 18.6 Å². The van der Waals surface area contributed by atoms with Crippen LogP contribution in [-0.4, -0.2) is 5.11 Å². The minimum atomic E-state index is -1.82. The maximum Gasteiger partial charge on any atom is 0.205 e. The third-order valence-electron chi connectivity index (χ3n) is 3.04. The van der Waals surface area contributed by atoms with Crippen molar-refractivity contribution in [2.45, 2.75) is 6.92 Å². The molecule has 0 spiro atoms. The fourth-order valence-electron chi connectivity index (χ4n) is 1.82. The van der Waals surface area contributed by atoms with Gasteiger partial charge in [0.2, 0.25) is 17.3 Å². The molecule has 1 aromatic carbocycles. The Hall–Kier alpha value is -1.64. The third-order valence-corrected chi connectivity index (χ3v) is 3.04. The number of aromatic nitrogens is 1. The molecule has 0 saturated heterocycles. The van der Waals surface area contributed by atoms with Gasteiger partial charge in [-0.1, -0.05) is 0 Å². The first-order valence-corrected chi connectivity index (χ1v) is 6.02. The second kappa shape index (κ2) is 7.08. The van der Waals surface area contributed by atoms with E-state index in [0.29, 0.717) is 5.69 Å². The molecule has 0 saturated carbocycles. The van der Waals surface area contributed by atoms with Crippen LogP contribution < -0.4 is 28.5 Å². The lowest BCUT2D eigenvalue weighted by Gasteiger charge is -2.05. The number of aryl methyl sites for hydroxylation is 2. The van der Waals surface area contributed by atoms with Gasteiger partial charge in [0.15, 0.2) is 23.6 Å². The molecule has 2 nitrogen and oxygen atoms in total. The number of hydrogen-bond donors (Lipinski definition) is 1. The number of benzene rings is 1. The van der Waals surface area contributed by atoms with Crippen molar-refractivity contribution in [3.8, 4) is 5.75 Å². The molecule has 0 atom stereocenters. The molecule has 0 bridgehead atoms. The highest BCUT2D eigenvalue weighted by atomic mass is 127. The van der Waals surface area contributed by atoms with E-state index in [4.69, 9.17) is 5.11 Å². The predicted molar refractivity (Wildman–Crippen MR) is 69.2 cm³/mol. The summed E-state index contributed by atoms with van der Waals surface area (Å²) in [6, 6.07) is 3.57. The molecule has 0 amide bonds. The van der Waals surface area contributed by atoms with E-state index in [9.17, 15) is 17.6 Å². The number of hydrogen-bond acceptors (Lipinski definition) is 1. The smallest absolute Gasteiger partial charge is 0.205 e. The van der Waals surface area contributed by atoms with Gasteiger partial charge in [0.25, 0.3) is 0 Å². The van der Waals surface area contributed by atoms with E-state index in [1.54, 1.807) is 23.9 Å². The summed E-state index contributed by atoms with van der Waals surface area (Å²) in [5.41, 5.74) is 0.615. The number of rotatable bonds is 2. The number of nitrogens with zero attached hydrogens (tertiary/aromatic N) is 1. The molecule has 2 aromatic rings. The fraction of sp³-hybridized carbons (Fsp3) is 0.133. The first-order chi connectivity index (χ1) is 9.82. The first kappa shape index (κ1) is 18.4. The quantitative estimate of drug-likeness (QED) is 0.318. The lowest BCUT2D eigenvalue weighted by molar-refractivity contribution is -0.673. The molecule has 0 unspecified atom stereocenters. The van der Waals surface area contributed by atoms with Gasteiger partial charge < -0.3 is 29.1 Å². The molecule has 1 N–H and O–H groups in total. The van der Waals surface area contributed by atoms with Crippen LogP contribution >= 0.6 is 0 Å². The molecule has 0 aliphatic carbocycles. The van der Waals surface area contributed by atoms with Gasteiger partial charge in [-0.25, -0.2) is 13.3 Å². The van der Waals surface area contributed by atoms with Crippen LogP contribution in [0.25, 0.3) is 12.2 Å². The Balaban J connectivity index is 0.00000242. The standard InChI is InChI=1S/C15H11F4NO.HI/c1-8-5-6-20(2)9(7-8)3-4-10-11(16)13(18)15(21)14(19)12(10)17;/h3-7H,1-2H3;1H. The van der Waals surface area contributed by atoms with Crippen molar-refractivity contribution < 1.29 is 51.2 Å². The highest BCUT2D eigenvalue weighted by Gasteiger charge is 2.23. The van der Waals surface area contributed by atoms with Gasteiger partial charge >= 0.3 is 0 Å². The number of halogens is 5. The largest absolute Gasteiger partial charge is 1.00 e. The summed E-state index contributed by atoms with van der Waals surface area (Å²) in [5.74, 6) is -8.58. The zero-order valence-electron chi connectivity index (χ0n) is 11.7. The normalized spacial score (nSPS) is 10.8. The minimum absolute atomic E-state index is 0. The second-order valence-corrected chi connectivity index (χ2v) is 4.59. The Kier molecular flexibility index (Phi) is 5.92. The molecule has 0 aliphatic heterocycles. The van der Waals surface area contributed by atoms with Crippen molar-refractivity contribution in [2.75, 3.05) is 0 Å².